The highest BCUT2D eigenvalue weighted by Gasteiger charge is 2.30. The van der Waals surface area contributed by atoms with E-state index in [-0.39, 0.29) is 12.5 Å². The van der Waals surface area contributed by atoms with Crippen molar-refractivity contribution in [2.24, 2.45) is 12.8 Å². The maximum absolute atomic E-state index is 13.9. The molecule has 0 bridgehead atoms. The number of aromatic amines is 1. The van der Waals surface area contributed by atoms with Gasteiger partial charge < -0.3 is 15.8 Å². The summed E-state index contributed by atoms with van der Waals surface area (Å²) in [6, 6.07) is -0.548. The van der Waals surface area contributed by atoms with E-state index in [4.69, 9.17) is 10.5 Å². The number of anilines is 1. The first-order chi connectivity index (χ1) is 15.0. The Labute approximate surface area is 182 Å². The van der Waals surface area contributed by atoms with Crippen molar-refractivity contribution in [3.05, 3.63) is 34.2 Å². The van der Waals surface area contributed by atoms with E-state index < -0.39 is 18.3 Å². The summed E-state index contributed by atoms with van der Waals surface area (Å²) in [6.45, 7) is -0.0756. The zero-order valence-electron chi connectivity index (χ0n) is 17.1. The van der Waals surface area contributed by atoms with E-state index in [2.05, 4.69) is 25.6 Å². The van der Waals surface area contributed by atoms with E-state index >= 15 is 0 Å². The molecule has 0 unspecified atom stereocenters. The lowest BCUT2D eigenvalue weighted by atomic mass is 10.0. The van der Waals surface area contributed by atoms with E-state index in [0.29, 0.717) is 29.9 Å². The van der Waals surface area contributed by atoms with Crippen molar-refractivity contribution in [1.82, 2.24) is 25.0 Å². The predicted octanol–water partition coefficient (Wildman–Crippen LogP) is 2.52. The number of halogens is 1. The summed E-state index contributed by atoms with van der Waals surface area (Å²) in [6.07, 6.45) is 4.11. The summed E-state index contributed by atoms with van der Waals surface area (Å²) in [4.78, 5) is 17.4. The quantitative estimate of drug-likeness (QED) is 0.567. The number of rotatable bonds is 4. The molecule has 1 fully saturated rings. The Kier molecular flexibility index (Phi) is 5.32. The number of carbonyl (C=O) groups is 1. The number of amides is 1. The minimum absolute atomic E-state index is 0.0756. The van der Waals surface area contributed by atoms with Crippen LogP contribution in [0.5, 0.6) is 0 Å². The van der Waals surface area contributed by atoms with E-state index in [1.807, 2.05) is 0 Å². The molecular formula is C20H24FN7O2S. The first kappa shape index (κ1) is 20.3. The third-order valence-corrected chi connectivity index (χ3v) is 6.82. The zero-order valence-corrected chi connectivity index (χ0v) is 17.9. The van der Waals surface area contributed by atoms with Crippen molar-refractivity contribution in [2.45, 2.75) is 50.4 Å². The molecular weight excluding hydrogens is 421 g/mol. The third kappa shape index (κ3) is 3.77. The summed E-state index contributed by atoms with van der Waals surface area (Å²) in [5.74, 6) is -0.336. The van der Waals surface area contributed by atoms with Gasteiger partial charge in [0.15, 0.2) is 0 Å². The second kappa shape index (κ2) is 8.13. The van der Waals surface area contributed by atoms with Crippen LogP contribution >= 0.6 is 11.3 Å². The van der Waals surface area contributed by atoms with Crippen molar-refractivity contribution in [2.75, 3.05) is 11.9 Å². The van der Waals surface area contributed by atoms with Gasteiger partial charge in [0.25, 0.3) is 5.91 Å². The highest BCUT2D eigenvalue weighted by atomic mass is 32.1. The number of hydrogen-bond donors (Lipinski definition) is 3. The summed E-state index contributed by atoms with van der Waals surface area (Å²) in [5.41, 5.74) is 10.6. The number of nitrogens with two attached hydrogens (primary N) is 1. The number of ether oxygens (including phenoxy) is 1. The van der Waals surface area contributed by atoms with Crippen LogP contribution in [0.25, 0.3) is 10.7 Å². The molecule has 2 aliphatic rings. The zero-order chi connectivity index (χ0) is 21.5. The SMILES string of the molecule is Cn1ncc(NC(=O)c2csc(-c3n[nH]c4c3CCC4)n2)c1[C@@H]1CC[C@@H](N)[C@H](F)CO1. The molecule has 9 nitrogen and oxygen atoms in total. The molecule has 1 aliphatic heterocycles. The Hall–Kier alpha value is -2.63. The van der Waals surface area contributed by atoms with Crippen LogP contribution in [0.1, 0.15) is 52.8 Å². The Morgan fingerprint density at radius 2 is 2.29 bits per heavy atom. The first-order valence-corrected chi connectivity index (χ1v) is 11.3. The van der Waals surface area contributed by atoms with Gasteiger partial charge in [0.2, 0.25) is 0 Å². The molecule has 164 valence electrons. The van der Waals surface area contributed by atoms with Gasteiger partial charge in [-0.1, -0.05) is 0 Å². The van der Waals surface area contributed by atoms with Crippen molar-refractivity contribution in [3.8, 4) is 10.7 Å². The number of alkyl halides is 1. The van der Waals surface area contributed by atoms with Crippen LogP contribution in [0.4, 0.5) is 10.1 Å². The van der Waals surface area contributed by atoms with E-state index in [0.717, 1.165) is 35.7 Å². The van der Waals surface area contributed by atoms with Crippen LogP contribution in [0.3, 0.4) is 0 Å². The highest BCUT2D eigenvalue weighted by Crippen LogP contribution is 2.34. The Bertz CT molecular complexity index is 1100. The number of nitrogens with zero attached hydrogens (tertiary/aromatic N) is 4. The maximum atomic E-state index is 13.9. The van der Waals surface area contributed by atoms with E-state index in [1.54, 1.807) is 23.3 Å². The lowest BCUT2D eigenvalue weighted by molar-refractivity contribution is 0.0247. The van der Waals surface area contributed by atoms with Gasteiger partial charge in [-0.3, -0.25) is 14.6 Å². The molecule has 0 saturated carbocycles. The number of hydrogen-bond acceptors (Lipinski definition) is 7. The molecule has 3 aromatic rings. The average Bonchev–Trinajstić information content (AvgIpc) is 3.51. The van der Waals surface area contributed by atoms with Crippen molar-refractivity contribution in [3.63, 3.8) is 0 Å². The third-order valence-electron chi connectivity index (χ3n) is 5.97. The number of nitrogens with one attached hydrogen (secondary N) is 2. The Morgan fingerprint density at radius 1 is 1.42 bits per heavy atom. The monoisotopic (exact) mass is 445 g/mol. The Balaban J connectivity index is 1.34. The fourth-order valence-electron chi connectivity index (χ4n) is 4.25. The van der Waals surface area contributed by atoms with Gasteiger partial charge in [0, 0.05) is 29.7 Å². The molecule has 4 N–H and O–H groups in total. The molecule has 31 heavy (non-hydrogen) atoms. The van der Waals surface area contributed by atoms with Gasteiger partial charge in [-0.2, -0.15) is 10.2 Å². The standard InChI is InChI=1S/C20H24FN7O2S/c1-28-18(16-6-5-12(22)11(21)8-30-16)14(7-23-28)24-19(29)15-9-31-20(25-15)17-10-3-2-4-13(10)26-27-17/h7,9,11-12,16H,2-6,8,22H2,1H3,(H,24,29)(H,26,27)/t11-,12-,16+/m1/s1. The molecule has 1 saturated heterocycles. The van der Waals surface area contributed by atoms with Crippen LogP contribution in [0.2, 0.25) is 0 Å². The molecule has 0 aromatic carbocycles. The van der Waals surface area contributed by atoms with Gasteiger partial charge in [0.05, 0.1) is 24.2 Å². The number of H-pyrrole nitrogens is 1. The molecule has 11 heteroatoms. The van der Waals surface area contributed by atoms with E-state index in [9.17, 15) is 9.18 Å². The summed E-state index contributed by atoms with van der Waals surface area (Å²) < 4.78 is 21.3. The molecule has 3 aromatic heterocycles. The summed E-state index contributed by atoms with van der Waals surface area (Å²) in [5, 5.41) is 17.1. The minimum Gasteiger partial charge on any atom is -0.369 e. The average molecular weight is 446 g/mol. The fourth-order valence-corrected chi connectivity index (χ4v) is 5.06. The minimum atomic E-state index is -1.20. The van der Waals surface area contributed by atoms with Crippen LogP contribution in [0, 0.1) is 0 Å². The largest absolute Gasteiger partial charge is 0.369 e. The predicted molar refractivity (Wildman–Crippen MR) is 114 cm³/mol. The molecule has 1 aliphatic carbocycles. The van der Waals surface area contributed by atoms with Crippen LogP contribution in [0.15, 0.2) is 11.6 Å². The Morgan fingerprint density at radius 3 is 3.16 bits per heavy atom. The first-order valence-electron chi connectivity index (χ1n) is 10.4. The second-order valence-electron chi connectivity index (χ2n) is 8.02. The van der Waals surface area contributed by atoms with Gasteiger partial charge in [-0.15, -0.1) is 11.3 Å². The van der Waals surface area contributed by atoms with Gasteiger partial charge >= 0.3 is 0 Å². The van der Waals surface area contributed by atoms with Crippen molar-refractivity contribution in [1.29, 1.82) is 0 Å². The lowest BCUT2D eigenvalue weighted by Gasteiger charge is -2.17. The second-order valence-corrected chi connectivity index (χ2v) is 8.88. The number of fused-ring (bicyclic) bond motifs is 1. The summed E-state index contributed by atoms with van der Waals surface area (Å²) in [7, 11) is 1.77. The number of aromatic nitrogens is 5. The van der Waals surface area contributed by atoms with Crippen molar-refractivity contribution >= 4 is 22.9 Å². The number of thiazole rings is 1. The van der Waals surface area contributed by atoms with Gasteiger partial charge in [0.1, 0.15) is 28.7 Å². The van der Waals surface area contributed by atoms with Crippen LogP contribution < -0.4 is 11.1 Å². The topological polar surface area (TPSA) is 124 Å². The lowest BCUT2D eigenvalue weighted by Crippen LogP contribution is -2.32. The number of carbonyl (C=O) groups excluding carboxylic acids is 1. The normalized spacial score (nSPS) is 23.5. The smallest absolute Gasteiger partial charge is 0.275 e. The van der Waals surface area contributed by atoms with E-state index in [1.165, 1.54) is 16.9 Å². The van der Waals surface area contributed by atoms with Crippen LogP contribution in [-0.4, -0.2) is 49.7 Å². The molecule has 4 heterocycles. The molecule has 0 radical (unpaired) electrons. The van der Waals surface area contributed by atoms with Crippen molar-refractivity contribution < 1.29 is 13.9 Å². The molecule has 0 spiro atoms. The molecule has 5 rings (SSSR count). The highest BCUT2D eigenvalue weighted by molar-refractivity contribution is 7.13. The molecule has 1 amide bonds. The maximum Gasteiger partial charge on any atom is 0.275 e. The number of aryl methyl sites for hydroxylation is 2. The fraction of sp³-hybridized carbons (Fsp3) is 0.500. The summed E-state index contributed by atoms with van der Waals surface area (Å²) >= 11 is 1.40. The molecule has 3 atom stereocenters. The van der Waals surface area contributed by atoms with Crippen LogP contribution in [-0.2, 0) is 24.6 Å². The van der Waals surface area contributed by atoms with Gasteiger partial charge in [-0.05, 0) is 32.1 Å². The van der Waals surface area contributed by atoms with Gasteiger partial charge in [-0.25, -0.2) is 9.37 Å².